The Labute approximate surface area is 387 Å². The van der Waals surface area contributed by atoms with Crippen LogP contribution in [0, 0.1) is 0 Å². The summed E-state index contributed by atoms with van der Waals surface area (Å²) >= 11 is 0. The van der Waals surface area contributed by atoms with Crippen molar-refractivity contribution in [1.82, 2.24) is 38.0 Å². The summed E-state index contributed by atoms with van der Waals surface area (Å²) in [6, 6.07) is 32.6. The number of carbonyl (C=O) groups is 1. The van der Waals surface area contributed by atoms with E-state index >= 15 is 0 Å². The molecule has 0 bridgehead atoms. The first kappa shape index (κ1) is 49.3. The average molecular weight is 943 g/mol. The number of methoxy groups -OCH3 is 4. The number of hydrogen-bond donors (Lipinski definition) is 0. The summed E-state index contributed by atoms with van der Waals surface area (Å²) in [5.74, 6) is 2.81. The van der Waals surface area contributed by atoms with Crippen LogP contribution >= 0.6 is 0 Å². The van der Waals surface area contributed by atoms with Gasteiger partial charge in [-0.2, -0.15) is 18.8 Å². The summed E-state index contributed by atoms with van der Waals surface area (Å²) in [5, 5.41) is 8.33. The fourth-order valence-electron chi connectivity index (χ4n) is 7.23. The first-order chi connectivity index (χ1) is 31.6. The maximum atomic E-state index is 13.9. The Hall–Kier alpha value is -6.09. The molecule has 0 saturated carbocycles. The molecule has 1 aliphatic heterocycles. The van der Waals surface area contributed by atoms with E-state index in [0.29, 0.717) is 30.4 Å². The molecule has 7 rings (SSSR count). The molecule has 1 fully saturated rings. The molecule has 3 heterocycles. The van der Waals surface area contributed by atoms with Crippen molar-refractivity contribution in [3.05, 3.63) is 143 Å². The summed E-state index contributed by atoms with van der Waals surface area (Å²) in [7, 11) is 6.01. The van der Waals surface area contributed by atoms with Crippen molar-refractivity contribution in [1.29, 1.82) is 0 Å². The lowest BCUT2D eigenvalue weighted by molar-refractivity contribution is 0.0644. The molecule has 0 radical (unpaired) electrons. The van der Waals surface area contributed by atoms with E-state index in [-0.39, 0.29) is 41.9 Å². The molecule has 6 aromatic rings. The Kier molecular flexibility index (Phi) is 16.4. The van der Waals surface area contributed by atoms with Gasteiger partial charge in [0, 0.05) is 78.1 Å². The molecular weight excluding hydrogens is 885 g/mol. The fraction of sp³-hybridized carbons (Fsp3) is 0.340. The van der Waals surface area contributed by atoms with E-state index in [9.17, 15) is 21.6 Å². The van der Waals surface area contributed by atoms with Gasteiger partial charge in [-0.15, -0.1) is 0 Å². The predicted octanol–water partition coefficient (Wildman–Crippen LogP) is 5.22. The smallest absolute Gasteiger partial charge is 0.263 e. The van der Waals surface area contributed by atoms with Crippen LogP contribution in [0.15, 0.2) is 119 Å². The van der Waals surface area contributed by atoms with Gasteiger partial charge in [-0.1, -0.05) is 48.5 Å². The van der Waals surface area contributed by atoms with Crippen LogP contribution < -0.4 is 18.9 Å². The summed E-state index contributed by atoms with van der Waals surface area (Å²) in [4.78, 5) is 15.7. The number of ether oxygens (including phenoxy) is 4. The van der Waals surface area contributed by atoms with Crippen molar-refractivity contribution in [2.75, 3.05) is 55.6 Å². The molecule has 0 amide bonds. The lowest BCUT2D eigenvalue weighted by Crippen LogP contribution is -2.56. The third-order valence-electron chi connectivity index (χ3n) is 11.3. The number of nitrogens with zero attached hydrogens (tertiary/aromatic N) is 8. The van der Waals surface area contributed by atoms with Crippen LogP contribution in [0.25, 0.3) is 0 Å². The van der Waals surface area contributed by atoms with Gasteiger partial charge in [-0.05, 0) is 84.9 Å². The maximum absolute atomic E-state index is 13.9. The molecule has 1 saturated heterocycles. The van der Waals surface area contributed by atoms with Gasteiger partial charge >= 0.3 is 0 Å². The SMILES string of the molecule is COc1ccc(CN(Cc2ccc(OC)cc2)S(=O)(=O)c2cc(C=O)n(C)n2)cc1.COc1ccc(CN(Cc2ccc(OC)cc2)S(=O)(=O)c2cc(CN(C)C3CN(C)C3)n(C)n2)cc1. The third-order valence-corrected chi connectivity index (χ3v) is 14.7. The second-order valence-electron chi connectivity index (χ2n) is 16.0. The second kappa shape index (κ2) is 21.9. The standard InChI is InChI=1S/C26H35N5O4S.C21H23N3O5S/c1-28-17-23(18-28)29(2)19-22-14-26(27-30(22)3)36(32,33)31(15-20-6-10-24(34-4)11-7-20)16-21-8-12-25(35-5)13-9-21;1-23-18(15-25)12-21(22-23)30(26,27)24(13-16-4-8-19(28-2)9-5-16)14-17-6-10-20(29-3)11-7-17/h6-14,23H,15-19H2,1-5H3;4-12,15H,13-14H2,1-3H3. The van der Waals surface area contributed by atoms with Gasteiger partial charge in [0.1, 0.15) is 28.7 Å². The number of likely N-dealkylation sites (N-methyl/N-ethyl adjacent to an activating group) is 2. The van der Waals surface area contributed by atoms with E-state index in [2.05, 4.69) is 34.1 Å². The number of likely N-dealkylation sites (tertiary alicyclic amines) is 1. The average Bonchev–Trinajstić information content (AvgIpc) is 3.90. The quantitative estimate of drug-likeness (QED) is 0.0915. The second-order valence-corrected chi connectivity index (χ2v) is 19.7. The lowest BCUT2D eigenvalue weighted by atomic mass is 10.1. The van der Waals surface area contributed by atoms with Crippen LogP contribution in [0.2, 0.25) is 0 Å². The molecule has 4 aromatic carbocycles. The molecule has 19 heteroatoms. The van der Waals surface area contributed by atoms with Crippen LogP contribution in [-0.4, -0.2) is 123 Å². The molecule has 352 valence electrons. The van der Waals surface area contributed by atoms with E-state index in [1.807, 2.05) is 72.8 Å². The summed E-state index contributed by atoms with van der Waals surface area (Å²) in [6.07, 6.45) is 0.573. The Balaban J connectivity index is 0.000000222. The van der Waals surface area contributed by atoms with E-state index in [4.69, 9.17) is 18.9 Å². The fourth-order valence-corrected chi connectivity index (χ4v) is 10.0. The number of carbonyl (C=O) groups excluding carboxylic acids is 1. The van der Waals surface area contributed by atoms with Crippen LogP contribution in [0.5, 0.6) is 23.0 Å². The molecular formula is C47H58N8O9S2. The topological polar surface area (TPSA) is 171 Å². The van der Waals surface area contributed by atoms with E-state index in [1.165, 1.54) is 26.4 Å². The van der Waals surface area contributed by atoms with Crippen molar-refractivity contribution >= 4 is 26.3 Å². The van der Waals surface area contributed by atoms with Crippen LogP contribution in [0.1, 0.15) is 38.4 Å². The van der Waals surface area contributed by atoms with Crippen molar-refractivity contribution in [3.63, 3.8) is 0 Å². The van der Waals surface area contributed by atoms with Gasteiger partial charge in [0.2, 0.25) is 0 Å². The highest BCUT2D eigenvalue weighted by molar-refractivity contribution is 7.89. The minimum Gasteiger partial charge on any atom is -0.497 e. The summed E-state index contributed by atoms with van der Waals surface area (Å²) < 4.78 is 81.0. The minimum atomic E-state index is -3.96. The monoisotopic (exact) mass is 942 g/mol. The highest BCUT2D eigenvalue weighted by Crippen LogP contribution is 2.26. The molecule has 2 aromatic heterocycles. The van der Waals surface area contributed by atoms with Gasteiger partial charge in [0.15, 0.2) is 16.3 Å². The molecule has 0 unspecified atom stereocenters. The van der Waals surface area contributed by atoms with Crippen molar-refractivity contribution in [3.8, 4) is 23.0 Å². The molecule has 17 nitrogen and oxygen atoms in total. The van der Waals surface area contributed by atoms with E-state index in [1.54, 1.807) is 70.5 Å². The van der Waals surface area contributed by atoms with Gasteiger partial charge in [0.25, 0.3) is 20.0 Å². The highest BCUT2D eigenvalue weighted by Gasteiger charge is 2.32. The van der Waals surface area contributed by atoms with Gasteiger partial charge < -0.3 is 23.8 Å². The minimum absolute atomic E-state index is 0.0566. The van der Waals surface area contributed by atoms with Crippen molar-refractivity contribution in [2.45, 2.75) is 48.8 Å². The number of sulfonamides is 2. The highest BCUT2D eigenvalue weighted by atomic mass is 32.2. The first-order valence-electron chi connectivity index (χ1n) is 21.0. The number of hydrogen-bond acceptors (Lipinski definition) is 13. The van der Waals surface area contributed by atoms with E-state index < -0.39 is 20.0 Å². The number of aldehydes is 1. The van der Waals surface area contributed by atoms with Gasteiger partial charge in [-0.3, -0.25) is 19.1 Å². The Morgan fingerprint density at radius 2 is 0.879 bits per heavy atom. The zero-order chi connectivity index (χ0) is 47.6. The molecule has 0 atom stereocenters. The number of aryl methyl sites for hydroxylation is 2. The molecule has 1 aliphatic rings. The Bertz CT molecular complexity index is 2640. The molecule has 0 N–H and O–H groups in total. The Morgan fingerprint density at radius 1 is 0.545 bits per heavy atom. The molecule has 0 spiro atoms. The van der Waals surface area contributed by atoms with Crippen molar-refractivity contribution in [2.24, 2.45) is 14.1 Å². The molecule has 0 aliphatic carbocycles. The van der Waals surface area contributed by atoms with Gasteiger partial charge in [-0.25, -0.2) is 16.8 Å². The zero-order valence-electron chi connectivity index (χ0n) is 38.6. The number of benzene rings is 4. The van der Waals surface area contributed by atoms with Crippen LogP contribution in [-0.2, 0) is 66.9 Å². The Morgan fingerprint density at radius 3 is 1.18 bits per heavy atom. The van der Waals surface area contributed by atoms with Crippen LogP contribution in [0.3, 0.4) is 0 Å². The molecule has 66 heavy (non-hydrogen) atoms. The summed E-state index contributed by atoms with van der Waals surface area (Å²) in [6.45, 7) is 3.33. The lowest BCUT2D eigenvalue weighted by Gasteiger charge is -2.41. The van der Waals surface area contributed by atoms with Crippen LogP contribution in [0.4, 0.5) is 0 Å². The number of rotatable bonds is 20. The van der Waals surface area contributed by atoms with Gasteiger partial charge in [0.05, 0.1) is 34.1 Å². The normalized spacial score (nSPS) is 13.3. The third kappa shape index (κ3) is 12.2. The van der Waals surface area contributed by atoms with Crippen molar-refractivity contribution < 1.29 is 40.6 Å². The first-order valence-corrected chi connectivity index (χ1v) is 23.9. The summed E-state index contributed by atoms with van der Waals surface area (Å²) in [5.41, 5.74) is 4.34. The zero-order valence-corrected chi connectivity index (χ0v) is 40.2. The predicted molar refractivity (Wildman–Crippen MR) is 249 cm³/mol. The van der Waals surface area contributed by atoms with E-state index in [0.717, 1.165) is 52.5 Å². The number of aromatic nitrogens is 4. The maximum Gasteiger partial charge on any atom is 0.263 e. The largest absolute Gasteiger partial charge is 0.497 e.